The third-order valence-electron chi connectivity index (χ3n) is 8.20. The maximum Gasteiger partial charge on any atom is 0.395 e. The molecule has 0 saturated heterocycles. The lowest BCUT2D eigenvalue weighted by molar-refractivity contribution is -0.162. The molecule has 0 saturated carbocycles. The summed E-state index contributed by atoms with van der Waals surface area (Å²) in [5.41, 5.74) is 3.42. The zero-order chi connectivity index (χ0) is 26.4. The number of pyridine rings is 1. The number of hydrogen-bond donors (Lipinski definition) is 1. The average molecular weight is 507 g/mol. The topological polar surface area (TPSA) is 82.7 Å². The van der Waals surface area contributed by atoms with Crippen molar-refractivity contribution in [2.45, 2.75) is 63.6 Å². The Labute approximate surface area is 214 Å². The van der Waals surface area contributed by atoms with Gasteiger partial charge in [0.2, 0.25) is 0 Å². The van der Waals surface area contributed by atoms with Crippen molar-refractivity contribution in [2.24, 2.45) is 17.8 Å². The van der Waals surface area contributed by atoms with Gasteiger partial charge in [-0.2, -0.15) is 18.4 Å². The van der Waals surface area contributed by atoms with Gasteiger partial charge in [0.25, 0.3) is 0 Å². The highest BCUT2D eigenvalue weighted by atomic mass is 19.4. The van der Waals surface area contributed by atoms with E-state index in [0.29, 0.717) is 35.5 Å². The summed E-state index contributed by atoms with van der Waals surface area (Å²) in [7, 11) is 0. The van der Waals surface area contributed by atoms with E-state index in [4.69, 9.17) is 9.97 Å². The summed E-state index contributed by atoms with van der Waals surface area (Å²) in [6.07, 6.45) is 6.94. The van der Waals surface area contributed by atoms with Crippen LogP contribution in [0.3, 0.4) is 0 Å². The Balaban J connectivity index is 1.73. The molecule has 5 atom stereocenters. The summed E-state index contributed by atoms with van der Waals surface area (Å²) >= 11 is 0. The lowest BCUT2D eigenvalue weighted by Crippen LogP contribution is -2.40. The Morgan fingerprint density at radius 3 is 2.62 bits per heavy atom. The minimum atomic E-state index is -4.29. The molecular formula is C29H29F3N4O. The number of allylic oxidation sites excluding steroid dienone is 5. The number of fused-ring (bicyclic) bond motifs is 3. The van der Waals surface area contributed by atoms with Gasteiger partial charge >= 0.3 is 6.18 Å². The monoisotopic (exact) mass is 506 g/mol. The molecule has 3 aliphatic carbocycles. The molecule has 0 aliphatic heterocycles. The smallest absolute Gasteiger partial charge is 0.388 e. The van der Waals surface area contributed by atoms with Crippen molar-refractivity contribution in [2.75, 3.05) is 0 Å². The maximum absolute atomic E-state index is 13.5. The second-order valence-electron chi connectivity index (χ2n) is 10.6. The Kier molecular flexibility index (Phi) is 6.53. The largest absolute Gasteiger partial charge is 0.395 e. The Hall–Kier alpha value is -3.31. The number of aliphatic hydroxyl groups is 1. The number of nitrogens with zero attached hydrogens (tertiary/aromatic N) is 4. The second-order valence-corrected chi connectivity index (χ2v) is 10.6. The molecule has 2 unspecified atom stereocenters. The molecule has 0 aromatic carbocycles. The summed E-state index contributed by atoms with van der Waals surface area (Å²) < 4.78 is 40.4. The van der Waals surface area contributed by atoms with Crippen molar-refractivity contribution < 1.29 is 18.3 Å². The molecule has 2 aromatic heterocycles. The number of aromatic nitrogens is 3. The molecule has 192 valence electrons. The average Bonchev–Trinajstić information content (AvgIpc) is 3.18. The Morgan fingerprint density at radius 1 is 1.16 bits per heavy atom. The molecule has 1 N–H and O–H groups in total. The summed E-state index contributed by atoms with van der Waals surface area (Å²) in [5, 5.41) is 20.5. The van der Waals surface area contributed by atoms with Gasteiger partial charge in [-0.1, -0.05) is 38.2 Å². The SMILES string of the molecule is C[C@H]1CC(O)C(C#N)=C[C@@]2(C)c3nc(-c4ccncc4)nc(C4=CCCC(C(F)(F)F)C=C4)c3CC[C@H]12. The van der Waals surface area contributed by atoms with E-state index in [1.807, 2.05) is 12.2 Å². The lowest BCUT2D eigenvalue weighted by Gasteiger charge is -2.43. The second kappa shape index (κ2) is 9.53. The molecule has 0 spiro atoms. The van der Waals surface area contributed by atoms with E-state index in [1.165, 1.54) is 6.08 Å². The minimum Gasteiger partial charge on any atom is -0.388 e. The van der Waals surface area contributed by atoms with Crippen LogP contribution in [-0.2, 0) is 11.8 Å². The van der Waals surface area contributed by atoms with Crippen LogP contribution >= 0.6 is 0 Å². The first-order valence-corrected chi connectivity index (χ1v) is 12.7. The minimum absolute atomic E-state index is 0.00253. The molecule has 0 bridgehead atoms. The van der Waals surface area contributed by atoms with Crippen LogP contribution in [0.2, 0.25) is 0 Å². The van der Waals surface area contributed by atoms with Crippen molar-refractivity contribution in [1.29, 1.82) is 5.26 Å². The normalized spacial score (nSPS) is 29.6. The van der Waals surface area contributed by atoms with Gasteiger partial charge < -0.3 is 5.11 Å². The zero-order valence-corrected chi connectivity index (χ0v) is 20.8. The van der Waals surface area contributed by atoms with Crippen molar-refractivity contribution in [1.82, 2.24) is 15.0 Å². The van der Waals surface area contributed by atoms with Crippen LogP contribution in [0.4, 0.5) is 13.2 Å². The quantitative estimate of drug-likeness (QED) is 0.531. The standard InChI is InChI=1S/C29H29F3N4O/c1-17-14-24(37)20(16-33)15-28(2)23(17)9-8-22-25(18-4-3-5-21(7-6-18)29(30,31)32)35-27(36-26(22)28)19-10-12-34-13-11-19/h4,6-7,10-13,15,17,21,23-24,37H,3,5,8-9,14H2,1-2H3/t17-,21?,23+,24?,28+/m0/s1. The first-order valence-electron chi connectivity index (χ1n) is 12.7. The zero-order valence-electron chi connectivity index (χ0n) is 20.8. The van der Waals surface area contributed by atoms with E-state index in [9.17, 15) is 23.5 Å². The number of nitriles is 1. The first kappa shape index (κ1) is 25.3. The molecule has 5 nitrogen and oxygen atoms in total. The molecule has 37 heavy (non-hydrogen) atoms. The predicted molar refractivity (Wildman–Crippen MR) is 134 cm³/mol. The lowest BCUT2D eigenvalue weighted by atomic mass is 9.62. The molecule has 8 heteroatoms. The van der Waals surface area contributed by atoms with E-state index in [0.717, 1.165) is 23.2 Å². The van der Waals surface area contributed by atoms with Gasteiger partial charge in [-0.15, -0.1) is 0 Å². The molecule has 0 fully saturated rings. The summed E-state index contributed by atoms with van der Waals surface area (Å²) in [6.45, 7) is 4.16. The molecule has 2 aromatic rings. The molecule has 5 rings (SSSR count). The third-order valence-corrected chi connectivity index (χ3v) is 8.20. The van der Waals surface area contributed by atoms with Gasteiger partial charge in [-0.05, 0) is 61.6 Å². The van der Waals surface area contributed by atoms with E-state index >= 15 is 0 Å². The number of alkyl halides is 3. The van der Waals surface area contributed by atoms with Crippen LogP contribution in [0.25, 0.3) is 17.0 Å². The van der Waals surface area contributed by atoms with Crippen LogP contribution in [0, 0.1) is 29.1 Å². The highest BCUT2D eigenvalue weighted by Gasteiger charge is 2.47. The van der Waals surface area contributed by atoms with Crippen LogP contribution in [0.5, 0.6) is 0 Å². The third kappa shape index (κ3) is 4.61. The highest BCUT2D eigenvalue weighted by molar-refractivity contribution is 5.76. The van der Waals surface area contributed by atoms with Crippen molar-refractivity contribution in [3.63, 3.8) is 0 Å². The van der Waals surface area contributed by atoms with Crippen LogP contribution in [-0.4, -0.2) is 32.3 Å². The fourth-order valence-electron chi connectivity index (χ4n) is 6.28. The van der Waals surface area contributed by atoms with Crippen molar-refractivity contribution >= 4 is 5.57 Å². The summed E-state index contributed by atoms with van der Waals surface area (Å²) in [6, 6.07) is 5.80. The van der Waals surface area contributed by atoms with E-state index in [2.05, 4.69) is 24.9 Å². The Bertz CT molecular complexity index is 1330. The Morgan fingerprint density at radius 2 is 1.92 bits per heavy atom. The van der Waals surface area contributed by atoms with Gasteiger partial charge in [-0.3, -0.25) is 4.98 Å². The van der Waals surface area contributed by atoms with Gasteiger partial charge in [0.15, 0.2) is 5.82 Å². The van der Waals surface area contributed by atoms with E-state index < -0.39 is 23.6 Å². The number of halogens is 3. The molecule has 0 amide bonds. The van der Waals surface area contributed by atoms with E-state index in [-0.39, 0.29) is 24.7 Å². The molecule has 2 heterocycles. The molecule has 0 radical (unpaired) electrons. The van der Waals surface area contributed by atoms with Crippen LogP contribution < -0.4 is 0 Å². The number of rotatable bonds is 2. The number of aliphatic hydroxyl groups excluding tert-OH is 1. The van der Waals surface area contributed by atoms with Gasteiger partial charge in [0.1, 0.15) is 0 Å². The predicted octanol–water partition coefficient (Wildman–Crippen LogP) is 6.12. The van der Waals surface area contributed by atoms with Gasteiger partial charge in [-0.25, -0.2) is 9.97 Å². The fraction of sp³-hybridized carbons (Fsp3) is 0.448. The van der Waals surface area contributed by atoms with Crippen molar-refractivity contribution in [3.05, 3.63) is 71.4 Å². The van der Waals surface area contributed by atoms with Crippen LogP contribution in [0.15, 0.2) is 54.4 Å². The van der Waals surface area contributed by atoms with Gasteiger partial charge in [0.05, 0.1) is 35.1 Å². The first-order chi connectivity index (χ1) is 17.6. The summed E-state index contributed by atoms with van der Waals surface area (Å²) in [4.78, 5) is 14.0. The maximum atomic E-state index is 13.5. The van der Waals surface area contributed by atoms with E-state index in [1.54, 1.807) is 30.6 Å². The van der Waals surface area contributed by atoms with Crippen LogP contribution in [0.1, 0.15) is 56.5 Å². The van der Waals surface area contributed by atoms with Crippen molar-refractivity contribution in [3.8, 4) is 17.5 Å². The fourth-order valence-corrected chi connectivity index (χ4v) is 6.28. The molecule has 3 aliphatic rings. The highest BCUT2D eigenvalue weighted by Crippen LogP contribution is 2.50. The summed E-state index contributed by atoms with van der Waals surface area (Å²) in [5.74, 6) is -0.747. The van der Waals surface area contributed by atoms with Gasteiger partial charge in [0, 0.05) is 28.9 Å². The number of hydrogen-bond acceptors (Lipinski definition) is 5. The molecular weight excluding hydrogens is 477 g/mol.